The molecule has 0 atom stereocenters. The number of hydrogen-bond acceptors (Lipinski definition) is 5. The van der Waals surface area contributed by atoms with Gasteiger partial charge in [0, 0.05) is 24.3 Å². The lowest BCUT2D eigenvalue weighted by Gasteiger charge is -2.51. The predicted molar refractivity (Wildman–Crippen MR) is 134 cm³/mol. The van der Waals surface area contributed by atoms with Crippen LogP contribution in [0.4, 0.5) is 18.0 Å². The zero-order valence-corrected chi connectivity index (χ0v) is 21.2. The second-order valence-electron chi connectivity index (χ2n) is 9.80. The monoisotopic (exact) mass is 546 g/mol. The van der Waals surface area contributed by atoms with Crippen molar-refractivity contribution in [3.8, 4) is 17.2 Å². The maximum atomic E-state index is 12.9. The number of pyridine rings is 1. The van der Waals surface area contributed by atoms with Gasteiger partial charge in [0.1, 0.15) is 18.1 Å². The fourth-order valence-electron chi connectivity index (χ4n) is 4.95. The maximum Gasteiger partial charge on any atom is 0.418 e. The minimum atomic E-state index is -4.55. The van der Waals surface area contributed by atoms with Gasteiger partial charge in [-0.25, -0.2) is 4.79 Å². The number of hydrogen-bond donors (Lipinski definition) is 0. The van der Waals surface area contributed by atoms with E-state index >= 15 is 0 Å². The van der Waals surface area contributed by atoms with Crippen molar-refractivity contribution in [1.29, 1.82) is 0 Å². The van der Waals surface area contributed by atoms with Crippen LogP contribution >= 0.6 is 11.6 Å². The zero-order chi connectivity index (χ0) is 26.8. The zero-order valence-electron chi connectivity index (χ0n) is 20.4. The number of benzene rings is 2. The van der Waals surface area contributed by atoms with Crippen LogP contribution in [0.5, 0.6) is 17.2 Å². The van der Waals surface area contributed by atoms with Crippen LogP contribution in [0.2, 0.25) is 5.02 Å². The van der Waals surface area contributed by atoms with Crippen LogP contribution in [-0.2, 0) is 12.8 Å². The summed E-state index contributed by atoms with van der Waals surface area (Å²) < 4.78 is 55.8. The van der Waals surface area contributed by atoms with Crippen molar-refractivity contribution in [2.24, 2.45) is 5.41 Å². The molecule has 200 valence electrons. The van der Waals surface area contributed by atoms with Crippen LogP contribution in [0.3, 0.4) is 0 Å². The van der Waals surface area contributed by atoms with Gasteiger partial charge >= 0.3 is 12.3 Å². The highest BCUT2D eigenvalue weighted by atomic mass is 35.5. The molecule has 6 nitrogen and oxygen atoms in total. The van der Waals surface area contributed by atoms with Crippen LogP contribution in [0.1, 0.15) is 36.8 Å². The van der Waals surface area contributed by atoms with Gasteiger partial charge in [0.05, 0.1) is 17.9 Å². The molecule has 5 rings (SSSR count). The highest BCUT2D eigenvalue weighted by Crippen LogP contribution is 2.50. The molecular weight excluding hydrogens is 521 g/mol. The number of carbonyl (C=O) groups is 1. The Morgan fingerprint density at radius 2 is 1.74 bits per heavy atom. The summed E-state index contributed by atoms with van der Waals surface area (Å²) in [6.45, 7) is 1.38. The molecule has 1 aromatic heterocycles. The second-order valence-corrected chi connectivity index (χ2v) is 10.2. The van der Waals surface area contributed by atoms with Gasteiger partial charge in [-0.2, -0.15) is 13.2 Å². The van der Waals surface area contributed by atoms with Crippen LogP contribution in [0, 0.1) is 5.41 Å². The van der Waals surface area contributed by atoms with Gasteiger partial charge in [0.15, 0.2) is 5.75 Å². The number of ether oxygens (including phenoxy) is 3. The maximum absolute atomic E-state index is 12.9. The van der Waals surface area contributed by atoms with Gasteiger partial charge in [-0.3, -0.25) is 4.98 Å². The van der Waals surface area contributed by atoms with Gasteiger partial charge in [0.2, 0.25) is 0 Å². The van der Waals surface area contributed by atoms with Gasteiger partial charge in [0.25, 0.3) is 0 Å². The molecular formula is C28H26ClF3N2O4. The van der Waals surface area contributed by atoms with E-state index in [2.05, 4.69) is 4.98 Å². The number of likely N-dealkylation sites (tertiary alicyclic amines) is 1. The van der Waals surface area contributed by atoms with E-state index in [1.165, 1.54) is 4.90 Å². The number of alkyl halides is 3. The third kappa shape index (κ3) is 6.32. The van der Waals surface area contributed by atoms with E-state index in [0.29, 0.717) is 30.9 Å². The largest absolute Gasteiger partial charge is 0.490 e. The minimum absolute atomic E-state index is 0.0946. The fraction of sp³-hybridized carbons (Fsp3) is 0.357. The Morgan fingerprint density at radius 3 is 2.45 bits per heavy atom. The molecule has 1 aliphatic carbocycles. The number of aromatic nitrogens is 1. The lowest BCUT2D eigenvalue weighted by Crippen LogP contribution is -2.52. The number of amides is 1. The Morgan fingerprint density at radius 1 is 1.00 bits per heavy atom. The Labute approximate surface area is 223 Å². The summed E-state index contributed by atoms with van der Waals surface area (Å²) in [5.41, 5.74) is 0.143. The first-order chi connectivity index (χ1) is 18.2. The molecule has 38 heavy (non-hydrogen) atoms. The molecule has 0 radical (unpaired) electrons. The summed E-state index contributed by atoms with van der Waals surface area (Å²) in [6, 6.07) is 15.8. The van der Waals surface area contributed by atoms with Gasteiger partial charge in [-0.1, -0.05) is 23.7 Å². The van der Waals surface area contributed by atoms with E-state index in [0.717, 1.165) is 55.0 Å². The average molecular weight is 547 g/mol. The van der Waals surface area contributed by atoms with E-state index < -0.39 is 17.8 Å². The number of piperidine rings is 1. The first kappa shape index (κ1) is 26.2. The molecule has 1 saturated carbocycles. The first-order valence-electron chi connectivity index (χ1n) is 12.3. The molecule has 2 aromatic carbocycles. The summed E-state index contributed by atoms with van der Waals surface area (Å²) in [6.07, 6.45) is 0.0338. The van der Waals surface area contributed by atoms with E-state index in [1.54, 1.807) is 12.1 Å². The highest BCUT2D eigenvalue weighted by Gasteiger charge is 2.47. The summed E-state index contributed by atoms with van der Waals surface area (Å²) in [5.74, 6) is 1.31. The number of halogens is 4. The van der Waals surface area contributed by atoms with Crippen LogP contribution in [0.25, 0.3) is 0 Å². The molecule has 2 aliphatic rings. The Balaban J connectivity index is 1.07. The van der Waals surface area contributed by atoms with Crippen molar-refractivity contribution in [3.05, 3.63) is 83.1 Å². The molecule has 10 heteroatoms. The molecule has 2 fully saturated rings. The third-order valence-electron chi connectivity index (χ3n) is 7.07. The van der Waals surface area contributed by atoms with Crippen molar-refractivity contribution in [2.75, 3.05) is 13.1 Å². The molecule has 1 amide bonds. The van der Waals surface area contributed by atoms with Crippen LogP contribution < -0.4 is 14.2 Å². The van der Waals surface area contributed by atoms with E-state index in [4.69, 9.17) is 25.8 Å². The molecule has 0 bridgehead atoms. The molecule has 1 spiro atoms. The molecule has 1 aliphatic heterocycles. The number of nitrogens with zero attached hydrogens (tertiary/aromatic N) is 2. The fourth-order valence-corrected chi connectivity index (χ4v) is 5.08. The average Bonchev–Trinajstić information content (AvgIpc) is 2.88. The van der Waals surface area contributed by atoms with Gasteiger partial charge in [-0.05, 0) is 79.1 Å². The summed E-state index contributed by atoms with van der Waals surface area (Å²) in [5, 5.41) is 0.657. The van der Waals surface area contributed by atoms with Crippen LogP contribution in [0.15, 0.2) is 67.0 Å². The molecule has 0 N–H and O–H groups in total. The SMILES string of the molecule is O=C(Oc1cncc(C(F)(F)F)c1)N1CCC2(CC1)CC(Oc1cccc(COc3ccc(Cl)cc3)c1)C2. The molecule has 0 unspecified atom stereocenters. The molecule has 3 aromatic rings. The number of carbonyl (C=O) groups excluding carboxylic acids is 1. The van der Waals surface area contributed by atoms with Crippen molar-refractivity contribution in [2.45, 2.75) is 44.6 Å². The van der Waals surface area contributed by atoms with Crippen molar-refractivity contribution < 1.29 is 32.2 Å². The summed E-state index contributed by atoms with van der Waals surface area (Å²) in [4.78, 5) is 17.6. The van der Waals surface area contributed by atoms with Crippen LogP contribution in [-0.4, -0.2) is 35.2 Å². The highest BCUT2D eigenvalue weighted by molar-refractivity contribution is 6.30. The quantitative estimate of drug-likeness (QED) is 0.328. The normalized spacial score (nSPS) is 17.1. The topological polar surface area (TPSA) is 60.9 Å². The third-order valence-corrected chi connectivity index (χ3v) is 7.32. The lowest BCUT2D eigenvalue weighted by atomic mass is 9.61. The molecule has 1 saturated heterocycles. The standard InChI is InChI=1S/C28H26ClF3N2O4/c29-21-4-6-22(7-5-21)36-18-19-2-1-3-23(12-19)37-25-14-27(15-25)8-10-34(11-9-27)26(35)38-24-13-20(16-33-17-24)28(30,31)32/h1-7,12-13,16-17,25H,8-11,14-15,18H2. The summed E-state index contributed by atoms with van der Waals surface area (Å²) >= 11 is 5.91. The van der Waals surface area contributed by atoms with E-state index in [-0.39, 0.29) is 17.3 Å². The molecule has 2 heterocycles. The smallest absolute Gasteiger partial charge is 0.418 e. The lowest BCUT2D eigenvalue weighted by molar-refractivity contribution is -0.137. The number of rotatable bonds is 6. The predicted octanol–water partition coefficient (Wildman–Crippen LogP) is 7.16. The van der Waals surface area contributed by atoms with E-state index in [9.17, 15) is 18.0 Å². The van der Waals surface area contributed by atoms with Crippen molar-refractivity contribution >= 4 is 17.7 Å². The minimum Gasteiger partial charge on any atom is -0.490 e. The Hall–Kier alpha value is -3.46. The van der Waals surface area contributed by atoms with Crippen molar-refractivity contribution in [3.63, 3.8) is 0 Å². The Kier molecular flexibility index (Phi) is 7.38. The first-order valence-corrected chi connectivity index (χ1v) is 12.7. The Bertz CT molecular complexity index is 1270. The van der Waals surface area contributed by atoms with Gasteiger partial charge in [-0.15, -0.1) is 0 Å². The second kappa shape index (κ2) is 10.7. The summed E-state index contributed by atoms with van der Waals surface area (Å²) in [7, 11) is 0. The van der Waals surface area contributed by atoms with Crippen molar-refractivity contribution in [1.82, 2.24) is 9.88 Å². The van der Waals surface area contributed by atoms with Gasteiger partial charge < -0.3 is 19.1 Å². The van der Waals surface area contributed by atoms with E-state index in [1.807, 2.05) is 36.4 Å².